The highest BCUT2D eigenvalue weighted by atomic mass is 32.2. The number of nitrogens with zero attached hydrogens (tertiary/aromatic N) is 3. The number of rotatable bonds is 8. The van der Waals surface area contributed by atoms with Gasteiger partial charge in [0.25, 0.3) is 11.8 Å². The fourth-order valence-corrected chi connectivity index (χ4v) is 4.83. The van der Waals surface area contributed by atoms with Gasteiger partial charge in [0.1, 0.15) is 22.8 Å². The van der Waals surface area contributed by atoms with Crippen molar-refractivity contribution in [1.29, 1.82) is 0 Å². The third-order valence-corrected chi connectivity index (χ3v) is 6.30. The monoisotopic (exact) mass is 491 g/mol. The number of anilines is 1. The zero-order valence-corrected chi connectivity index (χ0v) is 18.6. The summed E-state index contributed by atoms with van der Waals surface area (Å²) < 4.78 is 0. The zero-order chi connectivity index (χ0) is 24.1. The van der Waals surface area contributed by atoms with Crippen molar-refractivity contribution < 1.29 is 34.2 Å². The second kappa shape index (κ2) is 10.2. The van der Waals surface area contributed by atoms with Crippen LogP contribution in [-0.2, 0) is 24.0 Å². The highest BCUT2D eigenvalue weighted by molar-refractivity contribution is 8.00. The summed E-state index contributed by atoms with van der Waals surface area (Å²) in [6.07, 6.45) is 3.04. The van der Waals surface area contributed by atoms with E-state index in [1.807, 2.05) is 0 Å². The summed E-state index contributed by atoms with van der Waals surface area (Å²) in [5.74, 6) is 1.60. The molecule has 33 heavy (non-hydrogen) atoms. The summed E-state index contributed by atoms with van der Waals surface area (Å²) in [7, 11) is 0. The SMILES string of the molecule is CC#CC=CC1=C(C(=O)O)N2C(=O)[C@@H](NC(=O)C(=NOCC(=O)O)c3csc(N)n3)[C@H]2SC1. The van der Waals surface area contributed by atoms with Crippen molar-refractivity contribution in [2.45, 2.75) is 18.3 Å². The van der Waals surface area contributed by atoms with Crippen molar-refractivity contribution in [1.82, 2.24) is 15.2 Å². The van der Waals surface area contributed by atoms with Gasteiger partial charge in [0.15, 0.2) is 10.8 Å². The minimum atomic E-state index is -1.30. The fraction of sp³-hybridized carbons (Fsp3) is 0.263. The highest BCUT2D eigenvalue weighted by Gasteiger charge is 2.54. The first-order valence-corrected chi connectivity index (χ1v) is 11.1. The van der Waals surface area contributed by atoms with Crippen LogP contribution in [0.25, 0.3) is 0 Å². The Morgan fingerprint density at radius 2 is 2.21 bits per heavy atom. The van der Waals surface area contributed by atoms with E-state index >= 15 is 0 Å². The van der Waals surface area contributed by atoms with Crippen molar-refractivity contribution in [3.8, 4) is 11.8 Å². The largest absolute Gasteiger partial charge is 0.479 e. The number of carbonyl (C=O) groups is 4. The standard InChI is InChI=1S/C19H17N5O7S2/c1-2-3-4-5-9-7-32-17-13(16(28)24(17)14(9)18(29)30)22-15(27)12(23-31-6-11(25)26)10-8-33-19(20)21-10/h4-5,8,13,17H,6-7H2,1H3,(H2,20,21)(H,22,27)(H,25,26)(H,29,30)/t13-,17-/m1/s1. The lowest BCUT2D eigenvalue weighted by atomic mass is 10.0. The van der Waals surface area contributed by atoms with Crippen molar-refractivity contribution in [2.24, 2.45) is 5.16 Å². The lowest BCUT2D eigenvalue weighted by molar-refractivity contribution is -0.150. The molecule has 172 valence electrons. The lowest BCUT2D eigenvalue weighted by Crippen LogP contribution is -2.71. The molecule has 5 N–H and O–H groups in total. The first-order valence-electron chi connectivity index (χ1n) is 9.18. The number of nitrogens with one attached hydrogen (secondary N) is 1. The number of aliphatic carboxylic acids is 2. The van der Waals surface area contributed by atoms with Crippen LogP contribution in [0.5, 0.6) is 0 Å². The van der Waals surface area contributed by atoms with Crippen molar-refractivity contribution in [2.75, 3.05) is 18.1 Å². The number of carbonyl (C=O) groups excluding carboxylic acids is 2. The second-order valence-electron chi connectivity index (χ2n) is 6.45. The van der Waals surface area contributed by atoms with Gasteiger partial charge in [-0.1, -0.05) is 11.1 Å². The molecule has 1 aromatic rings. The van der Waals surface area contributed by atoms with Gasteiger partial charge in [-0.05, 0) is 24.6 Å². The minimum absolute atomic E-state index is 0.0379. The van der Waals surface area contributed by atoms with Gasteiger partial charge in [0.05, 0.1) is 0 Å². The molecule has 0 bridgehead atoms. The predicted octanol–water partition coefficient (Wildman–Crippen LogP) is -0.151. The van der Waals surface area contributed by atoms with Gasteiger partial charge in [-0.2, -0.15) is 0 Å². The van der Waals surface area contributed by atoms with Crippen molar-refractivity contribution in [3.05, 3.63) is 34.5 Å². The Balaban J connectivity index is 1.80. The number of allylic oxidation sites excluding steroid dienone is 2. The second-order valence-corrected chi connectivity index (χ2v) is 8.44. The van der Waals surface area contributed by atoms with Gasteiger partial charge in [0.2, 0.25) is 6.61 Å². The van der Waals surface area contributed by atoms with E-state index in [1.54, 1.807) is 13.0 Å². The molecule has 2 atom stereocenters. The number of amides is 2. The van der Waals surface area contributed by atoms with Crippen LogP contribution in [0, 0.1) is 11.8 Å². The average molecular weight is 492 g/mol. The summed E-state index contributed by atoms with van der Waals surface area (Å²) in [5.41, 5.74) is 5.51. The minimum Gasteiger partial charge on any atom is -0.479 e. The number of oxime groups is 1. The van der Waals surface area contributed by atoms with Crippen LogP contribution in [0.15, 0.2) is 34.0 Å². The number of nitrogen functional groups attached to an aromatic ring is 1. The highest BCUT2D eigenvalue weighted by Crippen LogP contribution is 2.40. The van der Waals surface area contributed by atoms with E-state index < -0.39 is 41.8 Å². The molecule has 1 fully saturated rings. The van der Waals surface area contributed by atoms with Crippen LogP contribution in [0.4, 0.5) is 5.13 Å². The number of hydrogen-bond donors (Lipinski definition) is 4. The van der Waals surface area contributed by atoms with Crippen LogP contribution in [0.3, 0.4) is 0 Å². The van der Waals surface area contributed by atoms with Gasteiger partial charge < -0.3 is 26.1 Å². The molecule has 14 heteroatoms. The number of nitrogens with two attached hydrogens (primary N) is 1. The van der Waals surface area contributed by atoms with E-state index in [0.717, 1.165) is 16.2 Å². The Morgan fingerprint density at radius 3 is 2.82 bits per heavy atom. The van der Waals surface area contributed by atoms with E-state index in [9.17, 15) is 24.3 Å². The third kappa shape index (κ3) is 5.16. The molecule has 12 nitrogen and oxygen atoms in total. The zero-order valence-electron chi connectivity index (χ0n) is 17.0. The van der Waals surface area contributed by atoms with Crippen molar-refractivity contribution >= 4 is 57.7 Å². The Hall–Kier alpha value is -3.83. The van der Waals surface area contributed by atoms with E-state index in [1.165, 1.54) is 23.2 Å². The fourth-order valence-electron chi connectivity index (χ4n) is 2.96. The topological polar surface area (TPSA) is 185 Å². The molecule has 3 rings (SSSR count). The smallest absolute Gasteiger partial charge is 0.352 e. The van der Waals surface area contributed by atoms with E-state index in [-0.39, 0.29) is 28.0 Å². The molecule has 0 aromatic carbocycles. The van der Waals surface area contributed by atoms with Crippen molar-refractivity contribution in [3.63, 3.8) is 0 Å². The maximum Gasteiger partial charge on any atom is 0.352 e. The Labute approximate surface area is 195 Å². The number of carboxylic acid groups (broad SMARTS) is 2. The number of carboxylic acids is 2. The van der Waals surface area contributed by atoms with Gasteiger partial charge in [-0.15, -0.1) is 29.0 Å². The molecule has 0 aliphatic carbocycles. The molecule has 2 aliphatic rings. The van der Waals surface area contributed by atoms with Gasteiger partial charge in [-0.3, -0.25) is 14.5 Å². The third-order valence-electron chi connectivity index (χ3n) is 4.32. The Bertz CT molecular complexity index is 1160. The van der Waals surface area contributed by atoms with Gasteiger partial charge in [-0.25, -0.2) is 14.6 Å². The van der Waals surface area contributed by atoms with Crippen LogP contribution in [0.1, 0.15) is 12.6 Å². The molecular weight excluding hydrogens is 474 g/mol. The maximum absolute atomic E-state index is 12.8. The van der Waals surface area contributed by atoms with Gasteiger partial charge in [0, 0.05) is 11.1 Å². The first kappa shape index (κ1) is 23.8. The predicted molar refractivity (Wildman–Crippen MR) is 119 cm³/mol. The molecule has 0 spiro atoms. The average Bonchev–Trinajstić information content (AvgIpc) is 3.19. The normalized spacial score (nSPS) is 20.0. The number of thiazole rings is 1. The molecule has 0 saturated carbocycles. The van der Waals surface area contributed by atoms with E-state index in [4.69, 9.17) is 10.8 Å². The molecule has 3 heterocycles. The van der Waals surface area contributed by atoms with Crippen LogP contribution in [-0.4, -0.2) is 73.3 Å². The summed E-state index contributed by atoms with van der Waals surface area (Å²) >= 11 is 2.30. The first-order chi connectivity index (χ1) is 15.7. The van der Waals surface area contributed by atoms with Gasteiger partial charge >= 0.3 is 11.9 Å². The van der Waals surface area contributed by atoms with E-state index in [0.29, 0.717) is 5.57 Å². The number of thioether (sulfide) groups is 1. The Kier molecular flexibility index (Phi) is 7.36. The number of hydrogen-bond acceptors (Lipinski definition) is 10. The maximum atomic E-state index is 12.8. The van der Waals surface area contributed by atoms with Crippen LogP contribution in [0.2, 0.25) is 0 Å². The molecule has 2 aliphatic heterocycles. The summed E-state index contributed by atoms with van der Waals surface area (Å²) in [5, 5.41) is 25.3. The Morgan fingerprint density at radius 1 is 1.45 bits per heavy atom. The number of fused-ring (bicyclic) bond motifs is 1. The molecule has 1 aromatic heterocycles. The molecule has 2 amide bonds. The molecule has 1 saturated heterocycles. The number of aromatic nitrogens is 1. The summed E-state index contributed by atoms with van der Waals surface area (Å²) in [6.45, 7) is 0.843. The van der Waals surface area contributed by atoms with Crippen LogP contribution >= 0.6 is 23.1 Å². The number of β-lactam (4-membered cyclic amide) rings is 1. The molecular formula is C19H17N5O7S2. The van der Waals surface area contributed by atoms with Crippen LogP contribution < -0.4 is 11.1 Å². The lowest BCUT2D eigenvalue weighted by Gasteiger charge is -2.49. The molecule has 0 radical (unpaired) electrons. The molecule has 0 unspecified atom stereocenters. The summed E-state index contributed by atoms with van der Waals surface area (Å²) in [6, 6.07) is -1.03. The summed E-state index contributed by atoms with van der Waals surface area (Å²) in [4.78, 5) is 57.8. The van der Waals surface area contributed by atoms with E-state index in [2.05, 4.69) is 32.1 Å². The quantitative estimate of drug-likeness (QED) is 0.165.